The second-order valence-corrected chi connectivity index (χ2v) is 4.52. The highest BCUT2D eigenvalue weighted by atomic mass is 127. The first-order valence-corrected chi connectivity index (χ1v) is 5.72. The van der Waals surface area contributed by atoms with Crippen LogP contribution in [0.15, 0.2) is 6.07 Å². The number of Topliss-reactive ketones (excluding diaryl/α,β-unsaturated/α-hetero) is 1. The molecule has 0 aliphatic heterocycles. The highest BCUT2D eigenvalue weighted by Crippen LogP contribution is 2.31. The summed E-state index contributed by atoms with van der Waals surface area (Å²) in [6.45, 7) is 1.37. The lowest BCUT2D eigenvalue weighted by Gasteiger charge is -2.10. The molecule has 6 heteroatoms. The van der Waals surface area contributed by atoms with Crippen LogP contribution in [0, 0.1) is 3.57 Å². The van der Waals surface area contributed by atoms with Gasteiger partial charge in [0.1, 0.15) is 0 Å². The van der Waals surface area contributed by atoms with Crippen LogP contribution in [0.5, 0.6) is 0 Å². The number of carbonyl (C=O) groups is 2. The monoisotopic (exact) mass is 353 g/mol. The Morgan fingerprint density at radius 3 is 2.44 bits per heavy atom. The number of esters is 1. The normalized spacial score (nSPS) is 10.0. The third-order valence-electron chi connectivity index (χ3n) is 2.03. The molecular weight excluding hydrogens is 344 g/mol. The lowest BCUT2D eigenvalue weighted by atomic mass is 10.1. The van der Waals surface area contributed by atoms with Crippen LogP contribution in [-0.4, -0.2) is 18.9 Å². The largest absolute Gasteiger partial charge is 0.465 e. The number of nitrogen functional groups attached to an aromatic ring is 1. The summed E-state index contributed by atoms with van der Waals surface area (Å²) in [7, 11) is 1.25. The smallest absolute Gasteiger partial charge is 0.339 e. The minimum absolute atomic E-state index is 0.146. The molecule has 1 rings (SSSR count). The predicted octanol–water partition coefficient (Wildman–Crippen LogP) is 2.52. The molecule has 0 bridgehead atoms. The Bertz CT molecular complexity index is 474. The number of ketones is 1. The number of benzene rings is 1. The SMILES string of the molecule is COC(=O)c1cc(C(C)=O)c(N)c(I)c1Cl. The van der Waals surface area contributed by atoms with E-state index in [9.17, 15) is 9.59 Å². The molecule has 0 amide bonds. The predicted molar refractivity (Wildman–Crippen MR) is 69.9 cm³/mol. The molecular formula is C10H9ClINO3. The van der Waals surface area contributed by atoms with Crippen LogP contribution in [0.4, 0.5) is 5.69 Å². The summed E-state index contributed by atoms with van der Waals surface area (Å²) < 4.78 is 5.05. The highest BCUT2D eigenvalue weighted by molar-refractivity contribution is 14.1. The van der Waals surface area contributed by atoms with Crippen molar-refractivity contribution in [2.45, 2.75) is 6.92 Å². The fourth-order valence-corrected chi connectivity index (χ4v) is 2.00. The summed E-state index contributed by atoms with van der Waals surface area (Å²) in [5.74, 6) is -0.817. The minimum atomic E-state index is -0.592. The fraction of sp³-hybridized carbons (Fsp3) is 0.200. The van der Waals surface area contributed by atoms with Crippen LogP contribution >= 0.6 is 34.2 Å². The van der Waals surface area contributed by atoms with E-state index in [1.165, 1.54) is 20.1 Å². The second kappa shape index (κ2) is 5.01. The highest BCUT2D eigenvalue weighted by Gasteiger charge is 2.20. The van der Waals surface area contributed by atoms with E-state index >= 15 is 0 Å². The first kappa shape index (κ1) is 13.2. The summed E-state index contributed by atoms with van der Waals surface area (Å²) in [4.78, 5) is 22.7. The zero-order valence-corrected chi connectivity index (χ0v) is 11.5. The number of methoxy groups -OCH3 is 1. The average molecular weight is 354 g/mol. The van der Waals surface area contributed by atoms with Gasteiger partial charge in [-0.2, -0.15) is 0 Å². The van der Waals surface area contributed by atoms with Gasteiger partial charge < -0.3 is 10.5 Å². The molecule has 0 saturated carbocycles. The van der Waals surface area contributed by atoms with Crippen molar-refractivity contribution in [3.63, 3.8) is 0 Å². The van der Waals surface area contributed by atoms with Crippen LogP contribution in [0.2, 0.25) is 5.02 Å². The summed E-state index contributed by atoms with van der Waals surface area (Å²) in [5.41, 5.74) is 6.43. The van der Waals surface area contributed by atoms with Crippen LogP contribution in [0.1, 0.15) is 27.6 Å². The third-order valence-corrected chi connectivity index (χ3v) is 3.86. The average Bonchev–Trinajstić information content (AvgIpc) is 2.25. The molecule has 1 aromatic carbocycles. The fourth-order valence-electron chi connectivity index (χ4n) is 1.19. The maximum absolute atomic E-state index is 11.4. The molecule has 0 atom stereocenters. The number of carbonyl (C=O) groups excluding carboxylic acids is 2. The molecule has 86 valence electrons. The van der Waals surface area contributed by atoms with Crippen molar-refractivity contribution < 1.29 is 14.3 Å². The van der Waals surface area contributed by atoms with Crippen LogP contribution in [-0.2, 0) is 4.74 Å². The molecule has 2 N–H and O–H groups in total. The van der Waals surface area contributed by atoms with E-state index in [1.807, 2.05) is 22.6 Å². The van der Waals surface area contributed by atoms with Crippen molar-refractivity contribution in [2.24, 2.45) is 0 Å². The molecule has 1 aromatic rings. The Labute approximate surface area is 111 Å². The summed E-state index contributed by atoms with van der Waals surface area (Å²) in [6, 6.07) is 1.36. The van der Waals surface area contributed by atoms with Crippen molar-refractivity contribution in [1.29, 1.82) is 0 Å². The van der Waals surface area contributed by atoms with E-state index in [2.05, 4.69) is 4.74 Å². The Hall–Kier alpha value is -0.820. The van der Waals surface area contributed by atoms with Gasteiger partial charge in [0.25, 0.3) is 0 Å². The summed E-state index contributed by atoms with van der Waals surface area (Å²) in [6.07, 6.45) is 0. The first-order chi connectivity index (χ1) is 7.40. The number of ether oxygens (including phenoxy) is 1. The Balaban J connectivity index is 3.53. The van der Waals surface area contributed by atoms with Gasteiger partial charge in [-0.1, -0.05) is 11.6 Å². The van der Waals surface area contributed by atoms with Crippen molar-refractivity contribution in [3.05, 3.63) is 25.8 Å². The number of halogens is 2. The minimum Gasteiger partial charge on any atom is -0.465 e. The van der Waals surface area contributed by atoms with E-state index in [0.29, 0.717) is 3.57 Å². The quantitative estimate of drug-likeness (QED) is 0.384. The van der Waals surface area contributed by atoms with E-state index in [1.54, 1.807) is 0 Å². The second-order valence-electron chi connectivity index (χ2n) is 3.06. The Morgan fingerprint density at radius 2 is 2.00 bits per heavy atom. The zero-order chi connectivity index (χ0) is 12.5. The van der Waals surface area contributed by atoms with Crippen molar-refractivity contribution in [3.8, 4) is 0 Å². The van der Waals surface area contributed by atoms with E-state index < -0.39 is 5.97 Å². The van der Waals surface area contributed by atoms with Crippen LogP contribution in [0.3, 0.4) is 0 Å². The standard InChI is InChI=1S/C10H9ClINO3/c1-4(14)5-3-6(10(15)16-2)7(11)8(12)9(5)13/h3H,13H2,1-2H3. The Kier molecular flexibility index (Phi) is 4.15. The molecule has 0 heterocycles. The van der Waals surface area contributed by atoms with Gasteiger partial charge in [-0.25, -0.2) is 4.79 Å². The molecule has 0 radical (unpaired) electrons. The zero-order valence-electron chi connectivity index (χ0n) is 8.64. The van der Waals surface area contributed by atoms with Gasteiger partial charge >= 0.3 is 5.97 Å². The van der Waals surface area contributed by atoms with Gasteiger partial charge in [-0.3, -0.25) is 4.79 Å². The van der Waals surface area contributed by atoms with Crippen molar-refractivity contribution in [1.82, 2.24) is 0 Å². The number of rotatable bonds is 2. The van der Waals surface area contributed by atoms with Gasteiger partial charge in [0.05, 0.1) is 27.0 Å². The summed E-state index contributed by atoms with van der Waals surface area (Å²) >= 11 is 7.84. The molecule has 0 unspecified atom stereocenters. The number of hydrogen-bond acceptors (Lipinski definition) is 4. The van der Waals surface area contributed by atoms with Crippen molar-refractivity contribution >= 4 is 51.6 Å². The van der Waals surface area contributed by atoms with Gasteiger partial charge in [-0.15, -0.1) is 0 Å². The molecule has 0 aromatic heterocycles. The molecule has 16 heavy (non-hydrogen) atoms. The lowest BCUT2D eigenvalue weighted by Crippen LogP contribution is -2.09. The van der Waals surface area contributed by atoms with Gasteiger partial charge in [0, 0.05) is 5.56 Å². The topological polar surface area (TPSA) is 69.4 Å². The number of nitrogens with two attached hydrogens (primary N) is 1. The molecule has 0 spiro atoms. The molecule has 0 saturated heterocycles. The van der Waals surface area contributed by atoms with Crippen molar-refractivity contribution in [2.75, 3.05) is 12.8 Å². The van der Waals surface area contributed by atoms with E-state index in [4.69, 9.17) is 17.3 Å². The molecule has 0 aliphatic carbocycles. The lowest BCUT2D eigenvalue weighted by molar-refractivity contribution is 0.0601. The van der Waals surface area contributed by atoms with Crippen LogP contribution < -0.4 is 5.73 Å². The molecule has 0 fully saturated rings. The van der Waals surface area contributed by atoms with Crippen LogP contribution in [0.25, 0.3) is 0 Å². The van der Waals surface area contributed by atoms with E-state index in [0.717, 1.165) is 0 Å². The number of hydrogen-bond donors (Lipinski definition) is 1. The van der Waals surface area contributed by atoms with E-state index in [-0.39, 0.29) is 27.6 Å². The maximum atomic E-state index is 11.4. The Morgan fingerprint density at radius 1 is 1.44 bits per heavy atom. The van der Waals surface area contributed by atoms with Gasteiger partial charge in [0.2, 0.25) is 0 Å². The number of anilines is 1. The third kappa shape index (κ3) is 2.30. The van der Waals surface area contributed by atoms with Gasteiger partial charge in [0.15, 0.2) is 5.78 Å². The molecule has 4 nitrogen and oxygen atoms in total. The summed E-state index contributed by atoms with van der Waals surface area (Å²) in [5, 5.41) is 0.204. The maximum Gasteiger partial charge on any atom is 0.339 e. The first-order valence-electron chi connectivity index (χ1n) is 4.26. The molecule has 0 aliphatic rings. The van der Waals surface area contributed by atoms with Gasteiger partial charge in [-0.05, 0) is 35.6 Å².